The summed E-state index contributed by atoms with van der Waals surface area (Å²) < 4.78 is 47.8. The molecule has 0 aromatic heterocycles. The third-order valence-electron chi connectivity index (χ3n) is 4.33. The molecule has 1 atom stereocenters. The first-order chi connectivity index (χ1) is 12.0. The molecule has 26 heavy (non-hydrogen) atoms. The molecule has 7 heteroatoms. The van der Waals surface area contributed by atoms with E-state index in [1.165, 1.54) is 23.8 Å². The van der Waals surface area contributed by atoms with Crippen LogP contribution in [-0.4, -0.2) is 35.9 Å². The van der Waals surface area contributed by atoms with Crippen LogP contribution in [0.5, 0.6) is 0 Å². The average molecular weight is 396 g/mol. The Morgan fingerprint density at radius 3 is 2.00 bits per heavy atom. The van der Waals surface area contributed by atoms with Crippen molar-refractivity contribution < 1.29 is 16.8 Å². The van der Waals surface area contributed by atoms with Crippen molar-refractivity contribution in [2.75, 3.05) is 24.4 Å². The molecule has 0 aliphatic carbocycles. The highest BCUT2D eigenvalue weighted by molar-refractivity contribution is 7.91. The molecular weight excluding hydrogens is 370 g/mol. The fourth-order valence-corrected chi connectivity index (χ4v) is 4.45. The molecule has 0 fully saturated rings. The van der Waals surface area contributed by atoms with Gasteiger partial charge >= 0.3 is 0 Å². The van der Waals surface area contributed by atoms with Crippen molar-refractivity contribution in [1.82, 2.24) is 0 Å². The lowest BCUT2D eigenvalue weighted by Gasteiger charge is -2.23. The molecule has 0 bridgehead atoms. The molecular formula is C19H25NO4S2. The van der Waals surface area contributed by atoms with E-state index < -0.39 is 19.7 Å². The second kappa shape index (κ2) is 7.80. The maximum Gasteiger partial charge on any atom is 0.177 e. The predicted molar refractivity (Wildman–Crippen MR) is 105 cm³/mol. The first kappa shape index (κ1) is 20.5. The number of benzene rings is 2. The molecule has 0 spiro atoms. The largest absolute Gasteiger partial charge is 0.383 e. The molecule has 0 radical (unpaired) electrons. The first-order valence-corrected chi connectivity index (χ1v) is 12.1. The fraction of sp³-hybridized carbons (Fsp3) is 0.368. The maximum absolute atomic E-state index is 12.1. The van der Waals surface area contributed by atoms with Crippen molar-refractivity contribution in [3.63, 3.8) is 0 Å². The minimum atomic E-state index is -3.58. The number of rotatable bonds is 7. The molecule has 0 heterocycles. The van der Waals surface area contributed by atoms with Gasteiger partial charge in [0.05, 0.1) is 15.5 Å². The van der Waals surface area contributed by atoms with Crippen molar-refractivity contribution in [3.8, 4) is 0 Å². The smallest absolute Gasteiger partial charge is 0.177 e. The molecule has 142 valence electrons. The van der Waals surface area contributed by atoms with Crippen molar-refractivity contribution in [3.05, 3.63) is 54.1 Å². The van der Waals surface area contributed by atoms with Gasteiger partial charge in [0.2, 0.25) is 0 Å². The number of nitrogens with one attached hydrogen (secondary N) is 1. The predicted octanol–water partition coefficient (Wildman–Crippen LogP) is 3.35. The van der Waals surface area contributed by atoms with Crippen LogP contribution in [-0.2, 0) is 19.7 Å². The summed E-state index contributed by atoms with van der Waals surface area (Å²) in [5.41, 5.74) is 1.59. The van der Waals surface area contributed by atoms with Crippen LogP contribution in [0.3, 0.4) is 0 Å². The third-order valence-corrected chi connectivity index (χ3v) is 6.57. The standard InChI is InChI=1S/C19H25NO4S2/c1-14(2)17(15-8-6-5-7-9-15)13-20-18-11-10-16(25(3,21)22)12-19(18)26(4,23)24/h5-12,14,17,20H,13H2,1-4H3/t17-/m0/s1. The molecule has 2 aromatic rings. The second-order valence-corrected chi connectivity index (χ2v) is 10.8. The maximum atomic E-state index is 12.1. The van der Waals surface area contributed by atoms with Gasteiger partial charge in [0.1, 0.15) is 0 Å². The zero-order valence-corrected chi connectivity index (χ0v) is 17.1. The van der Waals surface area contributed by atoms with Gasteiger partial charge in [-0.1, -0.05) is 44.2 Å². The van der Waals surface area contributed by atoms with Gasteiger partial charge in [-0.15, -0.1) is 0 Å². The fourth-order valence-electron chi connectivity index (χ4n) is 2.84. The summed E-state index contributed by atoms with van der Waals surface area (Å²) in [7, 11) is -7.06. The number of anilines is 1. The van der Waals surface area contributed by atoms with Gasteiger partial charge in [-0.25, -0.2) is 16.8 Å². The summed E-state index contributed by atoms with van der Waals surface area (Å²) in [5.74, 6) is 0.542. The van der Waals surface area contributed by atoms with Crippen LogP contribution in [0, 0.1) is 5.92 Å². The van der Waals surface area contributed by atoms with Crippen molar-refractivity contribution in [1.29, 1.82) is 0 Å². The van der Waals surface area contributed by atoms with Crippen LogP contribution in [0.4, 0.5) is 5.69 Å². The van der Waals surface area contributed by atoms with Gasteiger partial charge in [0.15, 0.2) is 19.7 Å². The Labute approximate surface area is 156 Å². The van der Waals surface area contributed by atoms with E-state index in [1.807, 2.05) is 18.2 Å². The molecule has 0 saturated heterocycles. The summed E-state index contributed by atoms with van der Waals surface area (Å²) in [6.07, 6.45) is 2.14. The van der Waals surface area contributed by atoms with E-state index >= 15 is 0 Å². The Kier molecular flexibility index (Phi) is 6.13. The highest BCUT2D eigenvalue weighted by Crippen LogP contribution is 2.28. The van der Waals surface area contributed by atoms with Gasteiger partial charge in [0.25, 0.3) is 0 Å². The summed E-state index contributed by atoms with van der Waals surface area (Å²) >= 11 is 0. The van der Waals surface area contributed by atoms with Crippen LogP contribution in [0.15, 0.2) is 58.3 Å². The van der Waals surface area contributed by atoms with Crippen molar-refractivity contribution in [2.24, 2.45) is 5.92 Å². The van der Waals surface area contributed by atoms with E-state index in [4.69, 9.17) is 0 Å². The Morgan fingerprint density at radius 1 is 0.885 bits per heavy atom. The minimum Gasteiger partial charge on any atom is -0.383 e. The van der Waals surface area contributed by atoms with E-state index in [2.05, 4.69) is 31.3 Å². The lowest BCUT2D eigenvalue weighted by molar-refractivity contribution is 0.516. The van der Waals surface area contributed by atoms with Gasteiger partial charge in [-0.3, -0.25) is 0 Å². The normalized spacial score (nSPS) is 13.6. The van der Waals surface area contributed by atoms with Crippen molar-refractivity contribution in [2.45, 2.75) is 29.6 Å². The Morgan fingerprint density at radius 2 is 1.50 bits per heavy atom. The average Bonchev–Trinajstić information content (AvgIpc) is 2.54. The molecule has 0 saturated carbocycles. The zero-order valence-electron chi connectivity index (χ0n) is 15.4. The SMILES string of the molecule is CC(C)[C@H](CNc1ccc(S(C)(=O)=O)cc1S(C)(=O)=O)c1ccccc1. The van der Waals surface area contributed by atoms with Crippen LogP contribution in [0.2, 0.25) is 0 Å². The molecule has 2 rings (SSSR count). The Bertz CT molecular complexity index is 966. The lowest BCUT2D eigenvalue weighted by atomic mass is 9.88. The summed E-state index contributed by atoms with van der Waals surface area (Å²) in [4.78, 5) is -0.0112. The third kappa shape index (κ3) is 5.08. The molecule has 0 unspecified atom stereocenters. The molecule has 0 aliphatic heterocycles. The number of hydrogen-bond donors (Lipinski definition) is 1. The molecule has 0 aliphatic rings. The molecule has 5 nitrogen and oxygen atoms in total. The monoisotopic (exact) mass is 395 g/mol. The van der Waals surface area contributed by atoms with E-state index in [1.54, 1.807) is 0 Å². The minimum absolute atomic E-state index is 0.00371. The highest BCUT2D eigenvalue weighted by atomic mass is 32.2. The Hall–Kier alpha value is -1.86. The van der Waals surface area contributed by atoms with E-state index in [-0.39, 0.29) is 15.7 Å². The van der Waals surface area contributed by atoms with Crippen LogP contribution < -0.4 is 5.32 Å². The number of sulfone groups is 2. The molecule has 0 amide bonds. The second-order valence-electron chi connectivity index (χ2n) is 6.84. The van der Waals surface area contributed by atoms with Gasteiger partial charge in [-0.2, -0.15) is 0 Å². The van der Waals surface area contributed by atoms with E-state index in [0.717, 1.165) is 12.5 Å². The lowest BCUT2D eigenvalue weighted by Crippen LogP contribution is -2.19. The summed E-state index contributed by atoms with van der Waals surface area (Å²) in [6, 6.07) is 14.2. The molecule has 1 N–H and O–H groups in total. The highest BCUT2D eigenvalue weighted by Gasteiger charge is 2.20. The zero-order chi connectivity index (χ0) is 19.5. The summed E-state index contributed by atoms with van der Waals surface area (Å²) in [6.45, 7) is 4.77. The van der Waals surface area contributed by atoms with Gasteiger partial charge in [-0.05, 0) is 29.7 Å². The van der Waals surface area contributed by atoms with E-state index in [9.17, 15) is 16.8 Å². The van der Waals surface area contributed by atoms with Crippen molar-refractivity contribution >= 4 is 25.4 Å². The quantitative estimate of drug-likeness (QED) is 0.778. The van der Waals surface area contributed by atoms with E-state index in [0.29, 0.717) is 18.2 Å². The van der Waals surface area contributed by atoms with Crippen LogP contribution >= 0.6 is 0 Å². The van der Waals surface area contributed by atoms with Gasteiger partial charge < -0.3 is 5.32 Å². The first-order valence-electron chi connectivity index (χ1n) is 8.33. The van der Waals surface area contributed by atoms with Crippen LogP contribution in [0.1, 0.15) is 25.3 Å². The molecule has 2 aromatic carbocycles. The van der Waals surface area contributed by atoms with Gasteiger partial charge in [0, 0.05) is 25.0 Å². The van der Waals surface area contributed by atoms with Crippen LogP contribution in [0.25, 0.3) is 0 Å². The summed E-state index contributed by atoms with van der Waals surface area (Å²) in [5, 5.41) is 3.20. The Balaban J connectivity index is 2.37. The topological polar surface area (TPSA) is 80.3 Å². The number of hydrogen-bond acceptors (Lipinski definition) is 5.